The Morgan fingerprint density at radius 1 is 1.18 bits per heavy atom. The van der Waals surface area contributed by atoms with E-state index < -0.39 is 0 Å². The van der Waals surface area contributed by atoms with Crippen LogP contribution >= 0.6 is 0 Å². The van der Waals surface area contributed by atoms with Gasteiger partial charge in [-0.1, -0.05) is 48.5 Å². The maximum Gasteiger partial charge on any atom is 0.224 e. The average Bonchev–Trinajstić information content (AvgIpc) is 3.12. The monoisotopic (exact) mass is 377 g/mol. The van der Waals surface area contributed by atoms with E-state index in [2.05, 4.69) is 23.6 Å². The number of aromatic hydroxyl groups is 1. The molecule has 1 atom stereocenters. The second-order valence-electron chi connectivity index (χ2n) is 6.94. The number of ether oxygens (including phenoxy) is 1. The van der Waals surface area contributed by atoms with Crippen molar-refractivity contribution in [2.24, 2.45) is 0 Å². The van der Waals surface area contributed by atoms with Gasteiger partial charge in [-0.05, 0) is 23.6 Å². The van der Waals surface area contributed by atoms with E-state index >= 15 is 0 Å². The zero-order chi connectivity index (χ0) is 19.3. The predicted octanol–water partition coefficient (Wildman–Crippen LogP) is 2.61. The molecule has 4 rings (SSSR count). The van der Waals surface area contributed by atoms with Crippen LogP contribution in [-0.2, 0) is 28.9 Å². The van der Waals surface area contributed by atoms with Crippen molar-refractivity contribution in [3.63, 3.8) is 0 Å². The van der Waals surface area contributed by atoms with Crippen LogP contribution in [0.5, 0.6) is 5.75 Å². The van der Waals surface area contributed by atoms with Crippen molar-refractivity contribution < 1.29 is 14.6 Å². The summed E-state index contributed by atoms with van der Waals surface area (Å²) >= 11 is 0. The lowest BCUT2D eigenvalue weighted by Crippen LogP contribution is -2.32. The van der Waals surface area contributed by atoms with Gasteiger partial charge in [0, 0.05) is 18.3 Å². The van der Waals surface area contributed by atoms with Crippen LogP contribution in [0.25, 0.3) is 0 Å². The largest absolute Gasteiger partial charge is 0.508 e. The zero-order valence-electron chi connectivity index (χ0n) is 15.5. The second-order valence-corrected chi connectivity index (χ2v) is 6.94. The summed E-state index contributed by atoms with van der Waals surface area (Å²) in [7, 11) is 0. The number of phenolic OH excluding ortho intramolecular Hbond substituents is 1. The molecule has 28 heavy (non-hydrogen) atoms. The van der Waals surface area contributed by atoms with Crippen LogP contribution in [0.1, 0.15) is 28.5 Å². The van der Waals surface area contributed by atoms with E-state index in [9.17, 15) is 9.90 Å². The molecule has 1 amide bonds. The van der Waals surface area contributed by atoms with Crippen molar-refractivity contribution in [3.8, 4) is 5.75 Å². The number of rotatable bonds is 6. The van der Waals surface area contributed by atoms with Crippen LogP contribution in [0.2, 0.25) is 0 Å². The number of nitrogens with one attached hydrogen (secondary N) is 1. The molecule has 2 aromatic carbocycles. The number of carbonyl (C=O) groups excluding carboxylic acids is 1. The number of para-hydroxylation sites is 1. The summed E-state index contributed by atoms with van der Waals surface area (Å²) in [6.07, 6.45) is 2.78. The van der Waals surface area contributed by atoms with Crippen LogP contribution in [0.4, 0.5) is 0 Å². The third-order valence-corrected chi connectivity index (χ3v) is 4.88. The second kappa shape index (κ2) is 8.27. The quantitative estimate of drug-likeness (QED) is 0.692. The van der Waals surface area contributed by atoms with Gasteiger partial charge < -0.3 is 15.2 Å². The summed E-state index contributed by atoms with van der Waals surface area (Å²) in [6.45, 7) is 1.69. The minimum atomic E-state index is -0.255. The molecule has 0 saturated carbocycles. The van der Waals surface area contributed by atoms with Crippen molar-refractivity contribution in [1.82, 2.24) is 15.1 Å². The molecular weight excluding hydrogens is 354 g/mol. The fourth-order valence-electron chi connectivity index (χ4n) is 3.44. The number of nitrogens with zero attached hydrogens (tertiary/aromatic N) is 2. The molecule has 1 aliphatic heterocycles. The van der Waals surface area contributed by atoms with E-state index in [4.69, 9.17) is 9.84 Å². The van der Waals surface area contributed by atoms with E-state index in [1.807, 2.05) is 22.9 Å². The fourth-order valence-corrected chi connectivity index (χ4v) is 3.44. The first kappa shape index (κ1) is 18.3. The third-order valence-electron chi connectivity index (χ3n) is 4.88. The van der Waals surface area contributed by atoms with Crippen molar-refractivity contribution in [2.75, 3.05) is 13.2 Å². The van der Waals surface area contributed by atoms with Crippen LogP contribution < -0.4 is 5.32 Å². The Labute approximate surface area is 163 Å². The fraction of sp³-hybridized carbons (Fsp3) is 0.273. The van der Waals surface area contributed by atoms with Crippen molar-refractivity contribution >= 4 is 5.91 Å². The molecule has 1 aliphatic rings. The number of benzene rings is 2. The van der Waals surface area contributed by atoms with E-state index in [0.29, 0.717) is 25.3 Å². The number of hydrogen-bond acceptors (Lipinski definition) is 4. The zero-order valence-corrected chi connectivity index (χ0v) is 15.5. The highest BCUT2D eigenvalue weighted by atomic mass is 16.5. The number of aromatic nitrogens is 2. The maximum atomic E-state index is 12.3. The van der Waals surface area contributed by atoms with Gasteiger partial charge in [-0.15, -0.1) is 0 Å². The third kappa shape index (κ3) is 4.23. The molecule has 0 spiro atoms. The van der Waals surface area contributed by atoms with Gasteiger partial charge >= 0.3 is 0 Å². The molecule has 0 fully saturated rings. The Kier molecular flexibility index (Phi) is 5.39. The molecule has 6 nitrogen and oxygen atoms in total. The molecular formula is C22H23N3O3. The number of amides is 1. The Hall–Kier alpha value is -3.12. The van der Waals surface area contributed by atoms with Gasteiger partial charge in [0.2, 0.25) is 5.91 Å². The standard InChI is InChI=1S/C22H23N3O3/c26-19-9-5-4-8-17(19)12-21(27)23-13-20-22-18(10-11-28-20)15-25(24-22)14-16-6-2-1-3-7-16/h1-9,15,20,26H,10-14H2,(H,23,27)/t20-/m1/s1. The molecule has 0 radical (unpaired) electrons. The number of phenols is 1. The normalized spacial score (nSPS) is 15.8. The average molecular weight is 377 g/mol. The smallest absolute Gasteiger partial charge is 0.224 e. The van der Waals surface area contributed by atoms with Crippen LogP contribution in [0.3, 0.4) is 0 Å². The molecule has 2 N–H and O–H groups in total. The summed E-state index contributed by atoms with van der Waals surface area (Å²) in [6, 6.07) is 17.1. The summed E-state index contributed by atoms with van der Waals surface area (Å²) in [4.78, 5) is 12.3. The van der Waals surface area contributed by atoms with E-state index in [-0.39, 0.29) is 24.2 Å². The maximum absolute atomic E-state index is 12.3. The first-order valence-corrected chi connectivity index (χ1v) is 9.44. The summed E-state index contributed by atoms with van der Waals surface area (Å²) < 4.78 is 7.79. The molecule has 0 unspecified atom stereocenters. The van der Waals surface area contributed by atoms with Crippen molar-refractivity contribution in [1.29, 1.82) is 0 Å². The lowest BCUT2D eigenvalue weighted by Gasteiger charge is -2.22. The number of hydrogen-bond donors (Lipinski definition) is 2. The number of fused-ring (bicyclic) bond motifs is 1. The molecule has 3 aromatic rings. The van der Waals surface area contributed by atoms with Gasteiger partial charge in [-0.25, -0.2) is 0 Å². The minimum absolute atomic E-state index is 0.133. The topological polar surface area (TPSA) is 76.4 Å². The molecule has 0 saturated heterocycles. The SMILES string of the molecule is O=C(Cc1ccccc1O)NC[C@H]1OCCc2cn(Cc3ccccc3)nc21. The molecule has 2 heterocycles. The van der Waals surface area contributed by atoms with Gasteiger partial charge in [-0.2, -0.15) is 5.10 Å². The summed E-state index contributed by atoms with van der Waals surface area (Å²) in [5, 5.41) is 17.4. The molecule has 0 bridgehead atoms. The van der Waals surface area contributed by atoms with Crippen LogP contribution in [0, 0.1) is 0 Å². The molecule has 1 aromatic heterocycles. The molecule has 0 aliphatic carbocycles. The van der Waals surface area contributed by atoms with Crippen molar-refractivity contribution in [3.05, 3.63) is 83.2 Å². The molecule has 144 valence electrons. The lowest BCUT2D eigenvalue weighted by molar-refractivity contribution is -0.121. The first-order chi connectivity index (χ1) is 13.7. The highest BCUT2D eigenvalue weighted by Gasteiger charge is 2.25. The summed E-state index contributed by atoms with van der Waals surface area (Å²) in [5.74, 6) is -0.0190. The van der Waals surface area contributed by atoms with E-state index in [1.165, 1.54) is 11.1 Å². The van der Waals surface area contributed by atoms with Crippen LogP contribution in [0.15, 0.2) is 60.8 Å². The lowest BCUT2D eigenvalue weighted by atomic mass is 10.1. The first-order valence-electron chi connectivity index (χ1n) is 9.44. The van der Waals surface area contributed by atoms with Gasteiger partial charge in [0.1, 0.15) is 11.9 Å². The van der Waals surface area contributed by atoms with Gasteiger partial charge in [0.05, 0.1) is 25.3 Å². The Bertz CT molecular complexity index is 953. The van der Waals surface area contributed by atoms with Gasteiger partial charge in [0.25, 0.3) is 0 Å². The Balaban J connectivity index is 1.39. The number of carbonyl (C=O) groups is 1. The van der Waals surface area contributed by atoms with Crippen LogP contribution in [-0.4, -0.2) is 33.9 Å². The Morgan fingerprint density at radius 2 is 1.96 bits per heavy atom. The molecule has 6 heteroatoms. The van der Waals surface area contributed by atoms with Gasteiger partial charge in [-0.3, -0.25) is 9.48 Å². The highest BCUT2D eigenvalue weighted by Crippen LogP contribution is 2.25. The van der Waals surface area contributed by atoms with Crippen molar-refractivity contribution in [2.45, 2.75) is 25.5 Å². The highest BCUT2D eigenvalue weighted by molar-refractivity contribution is 5.79. The van der Waals surface area contributed by atoms with E-state index in [1.54, 1.807) is 24.3 Å². The predicted molar refractivity (Wildman–Crippen MR) is 105 cm³/mol. The Morgan fingerprint density at radius 3 is 2.79 bits per heavy atom. The van der Waals surface area contributed by atoms with E-state index in [0.717, 1.165) is 12.1 Å². The minimum Gasteiger partial charge on any atom is -0.508 e. The van der Waals surface area contributed by atoms with Gasteiger partial charge in [0.15, 0.2) is 0 Å². The summed E-state index contributed by atoms with van der Waals surface area (Å²) in [5.41, 5.74) is 3.86.